The molecule has 0 heterocycles. The summed E-state index contributed by atoms with van der Waals surface area (Å²) in [6.07, 6.45) is 2.26. The van der Waals surface area contributed by atoms with Gasteiger partial charge in [-0.2, -0.15) is 0 Å². The minimum absolute atomic E-state index is 0.578. The van der Waals surface area contributed by atoms with Crippen LogP contribution in [-0.2, 0) is 12.8 Å². The molecule has 152 valence electrons. The molecule has 0 nitrogen and oxygen atoms in total. The Labute approximate surface area is 178 Å². The molecule has 2 aliphatic rings. The molecule has 0 atom stereocenters. The van der Waals surface area contributed by atoms with Crippen LogP contribution in [0.1, 0.15) is 86.8 Å². The minimum Gasteiger partial charge on any atom is -0.0686 e. The third-order valence-electron chi connectivity index (χ3n) is 7.15. The number of fused-ring (bicyclic) bond motifs is 2. The molecule has 0 bridgehead atoms. The van der Waals surface area contributed by atoms with Crippen molar-refractivity contribution >= 4 is 18.5 Å². The van der Waals surface area contributed by atoms with Crippen LogP contribution in [-0.4, -0.2) is 8.07 Å². The van der Waals surface area contributed by atoms with Crippen LogP contribution in [0.25, 0.3) is 10.4 Å². The Hall–Kier alpha value is -1.86. The van der Waals surface area contributed by atoms with Crippen molar-refractivity contribution in [3.05, 3.63) is 80.9 Å². The molecule has 0 aliphatic heterocycles. The van der Waals surface area contributed by atoms with Gasteiger partial charge < -0.3 is 0 Å². The van der Waals surface area contributed by atoms with Crippen molar-refractivity contribution in [2.24, 2.45) is 0 Å². The van der Waals surface area contributed by atoms with E-state index in [9.17, 15) is 0 Å². The summed E-state index contributed by atoms with van der Waals surface area (Å²) in [6, 6.07) is 14.5. The molecule has 0 saturated heterocycles. The second kappa shape index (κ2) is 7.13. The maximum absolute atomic E-state index is 2.60. The molecule has 29 heavy (non-hydrogen) atoms. The molecule has 0 amide bonds. The summed E-state index contributed by atoms with van der Waals surface area (Å²) in [5, 5.41) is 3.40. The van der Waals surface area contributed by atoms with Gasteiger partial charge in [0.15, 0.2) is 0 Å². The Balaban J connectivity index is 1.86. The van der Waals surface area contributed by atoms with E-state index in [1.807, 2.05) is 0 Å². The smallest absolute Gasteiger partial charge is 0.0686 e. The van der Waals surface area contributed by atoms with Crippen LogP contribution in [0.15, 0.2) is 47.5 Å². The fraction of sp³-hybridized carbons (Fsp3) is 0.429. The quantitative estimate of drug-likeness (QED) is 0.455. The molecule has 2 aliphatic carbocycles. The molecule has 0 spiro atoms. The Morgan fingerprint density at radius 3 is 1.38 bits per heavy atom. The Kier molecular flexibility index (Phi) is 5.02. The molecule has 0 saturated carbocycles. The Morgan fingerprint density at radius 1 is 0.655 bits per heavy atom. The highest BCUT2D eigenvalue weighted by molar-refractivity contribution is 7.09. The zero-order valence-electron chi connectivity index (χ0n) is 19.5. The topological polar surface area (TPSA) is 0 Å². The van der Waals surface area contributed by atoms with Gasteiger partial charge in [0.25, 0.3) is 0 Å². The highest BCUT2D eigenvalue weighted by atomic mass is 28.3. The zero-order valence-corrected chi connectivity index (χ0v) is 20.5. The van der Waals surface area contributed by atoms with E-state index in [0.717, 1.165) is 12.8 Å². The van der Waals surface area contributed by atoms with Gasteiger partial charge >= 0.3 is 0 Å². The third kappa shape index (κ3) is 3.28. The van der Waals surface area contributed by atoms with Crippen molar-refractivity contribution in [1.82, 2.24) is 0 Å². The molecule has 2 aromatic carbocycles. The number of rotatable bonds is 4. The van der Waals surface area contributed by atoms with Crippen LogP contribution in [0.5, 0.6) is 0 Å². The Bertz CT molecular complexity index is 960. The van der Waals surface area contributed by atoms with E-state index in [4.69, 9.17) is 0 Å². The van der Waals surface area contributed by atoms with E-state index in [2.05, 4.69) is 91.0 Å². The van der Waals surface area contributed by atoms with E-state index in [1.165, 1.54) is 22.3 Å². The summed E-state index contributed by atoms with van der Waals surface area (Å²) in [4.78, 5) is 0. The average molecular weight is 401 g/mol. The predicted octanol–water partition coefficient (Wildman–Crippen LogP) is 8.08. The average Bonchev–Trinajstić information content (AvgIpc) is 3.15. The lowest BCUT2D eigenvalue weighted by Gasteiger charge is -2.30. The van der Waals surface area contributed by atoms with E-state index in [1.54, 1.807) is 32.7 Å². The largest absolute Gasteiger partial charge is 0.113 e. The summed E-state index contributed by atoms with van der Waals surface area (Å²) in [6.45, 7) is 19.2. The molecule has 0 aromatic heterocycles. The fourth-order valence-electron chi connectivity index (χ4n) is 5.75. The van der Waals surface area contributed by atoms with Gasteiger partial charge in [0.2, 0.25) is 0 Å². The summed E-state index contributed by atoms with van der Waals surface area (Å²) in [7, 11) is -1.82. The first-order chi connectivity index (χ1) is 13.6. The lowest BCUT2D eigenvalue weighted by Crippen LogP contribution is -2.31. The van der Waals surface area contributed by atoms with E-state index >= 15 is 0 Å². The SMILES string of the molecule is CC1=C([Si](C)(C)C2=C(C)Cc3ccc(C(C)C)cc32)c2cc(C(C)C)ccc2C1. The van der Waals surface area contributed by atoms with Gasteiger partial charge in [0, 0.05) is 0 Å². The standard InChI is InChI=1S/C28H36Si/c1-17(2)21-9-11-23-13-19(5)27(25(23)15-21)29(7,8)28-20(6)14-24-12-10-22(18(3)4)16-26(24)28/h9-12,15-18H,13-14H2,1-8H3. The van der Waals surface area contributed by atoms with Crippen LogP contribution in [0.4, 0.5) is 0 Å². The van der Waals surface area contributed by atoms with Crippen molar-refractivity contribution in [2.45, 2.75) is 79.3 Å². The van der Waals surface area contributed by atoms with E-state index in [-0.39, 0.29) is 0 Å². The Morgan fingerprint density at radius 2 is 1.03 bits per heavy atom. The summed E-state index contributed by atoms with van der Waals surface area (Å²) in [5.41, 5.74) is 12.3. The first-order valence-electron chi connectivity index (χ1n) is 11.3. The van der Waals surface area contributed by atoms with Gasteiger partial charge in [-0.3, -0.25) is 0 Å². The normalized spacial score (nSPS) is 16.3. The van der Waals surface area contributed by atoms with E-state index in [0.29, 0.717) is 11.8 Å². The molecule has 2 aromatic rings. The van der Waals surface area contributed by atoms with Crippen molar-refractivity contribution in [3.63, 3.8) is 0 Å². The summed E-state index contributed by atoms with van der Waals surface area (Å²) < 4.78 is 0. The lowest BCUT2D eigenvalue weighted by molar-refractivity contribution is 0.865. The maximum atomic E-state index is 2.60. The molecule has 0 unspecified atom stereocenters. The summed E-state index contributed by atoms with van der Waals surface area (Å²) >= 11 is 0. The van der Waals surface area contributed by atoms with Gasteiger partial charge in [-0.1, -0.05) is 88.3 Å². The number of hydrogen-bond acceptors (Lipinski definition) is 0. The van der Waals surface area contributed by atoms with Crippen LogP contribution >= 0.6 is 0 Å². The first-order valence-corrected chi connectivity index (χ1v) is 14.3. The van der Waals surface area contributed by atoms with Gasteiger partial charge in [-0.05, 0) is 82.3 Å². The molecule has 0 N–H and O–H groups in total. The minimum atomic E-state index is -1.82. The highest BCUT2D eigenvalue weighted by Crippen LogP contribution is 2.49. The van der Waals surface area contributed by atoms with Crippen molar-refractivity contribution in [1.29, 1.82) is 0 Å². The third-order valence-corrected chi connectivity index (χ3v) is 11.0. The predicted molar refractivity (Wildman–Crippen MR) is 131 cm³/mol. The van der Waals surface area contributed by atoms with Crippen LogP contribution in [0.3, 0.4) is 0 Å². The van der Waals surface area contributed by atoms with E-state index < -0.39 is 8.07 Å². The monoisotopic (exact) mass is 400 g/mol. The lowest BCUT2D eigenvalue weighted by atomic mass is 9.98. The number of hydrogen-bond donors (Lipinski definition) is 0. The van der Waals surface area contributed by atoms with Crippen LogP contribution in [0.2, 0.25) is 13.1 Å². The van der Waals surface area contributed by atoms with Gasteiger partial charge in [0.1, 0.15) is 8.07 Å². The molecule has 0 radical (unpaired) electrons. The zero-order chi connectivity index (χ0) is 21.1. The summed E-state index contributed by atoms with van der Waals surface area (Å²) in [5.74, 6) is 1.16. The van der Waals surface area contributed by atoms with Crippen LogP contribution < -0.4 is 0 Å². The molecule has 4 rings (SSSR count). The van der Waals surface area contributed by atoms with Crippen molar-refractivity contribution in [2.75, 3.05) is 0 Å². The molecular formula is C28H36Si. The molecule has 0 fully saturated rings. The van der Waals surface area contributed by atoms with Gasteiger partial charge in [0.05, 0.1) is 0 Å². The second-order valence-electron chi connectivity index (χ2n) is 10.4. The van der Waals surface area contributed by atoms with Crippen molar-refractivity contribution in [3.8, 4) is 0 Å². The maximum Gasteiger partial charge on any atom is 0.113 e. The molecular weight excluding hydrogens is 364 g/mol. The van der Waals surface area contributed by atoms with Crippen LogP contribution in [0, 0.1) is 0 Å². The number of allylic oxidation sites excluding steroid dienone is 2. The van der Waals surface area contributed by atoms with Crippen molar-refractivity contribution < 1.29 is 0 Å². The van der Waals surface area contributed by atoms with Gasteiger partial charge in [-0.25, -0.2) is 0 Å². The fourth-order valence-corrected chi connectivity index (χ4v) is 10.1. The second-order valence-corrected chi connectivity index (χ2v) is 14.7. The highest BCUT2D eigenvalue weighted by Gasteiger charge is 2.40. The molecule has 1 heteroatoms. The first kappa shape index (κ1) is 20.4. The van der Waals surface area contributed by atoms with Gasteiger partial charge in [-0.15, -0.1) is 0 Å². The number of benzene rings is 2.